The summed E-state index contributed by atoms with van der Waals surface area (Å²) in [6.07, 6.45) is 2.10. The Morgan fingerprint density at radius 1 is 1.14 bits per heavy atom. The summed E-state index contributed by atoms with van der Waals surface area (Å²) in [6.45, 7) is 2.71. The van der Waals surface area contributed by atoms with Gasteiger partial charge in [-0.2, -0.15) is 0 Å². The molecule has 0 fully saturated rings. The van der Waals surface area contributed by atoms with Crippen LogP contribution >= 0.6 is 15.9 Å². The lowest BCUT2D eigenvalue weighted by Crippen LogP contribution is -2.20. The molecular weight excluding hydrogens is 328 g/mol. The predicted molar refractivity (Wildman–Crippen MR) is 88.9 cm³/mol. The van der Waals surface area contributed by atoms with Gasteiger partial charge < -0.3 is 15.4 Å². The topological polar surface area (TPSA) is 38.5 Å². The Morgan fingerprint density at radius 2 is 2.05 bits per heavy atom. The van der Waals surface area contributed by atoms with Crippen molar-refractivity contribution in [1.82, 2.24) is 0 Å². The van der Waals surface area contributed by atoms with Crippen LogP contribution in [0.4, 0.5) is 11.4 Å². The van der Waals surface area contributed by atoms with Gasteiger partial charge in [0.05, 0.1) is 6.61 Å². The molecule has 2 aliphatic heterocycles. The fourth-order valence-electron chi connectivity index (χ4n) is 3.30. The van der Waals surface area contributed by atoms with Crippen molar-refractivity contribution < 1.29 is 4.74 Å². The van der Waals surface area contributed by atoms with E-state index in [0.29, 0.717) is 0 Å². The average Bonchev–Trinajstić information content (AvgIpc) is 3.06. The van der Waals surface area contributed by atoms with Crippen LogP contribution in [-0.4, -0.2) is 13.2 Å². The van der Waals surface area contributed by atoms with Crippen molar-refractivity contribution in [3.63, 3.8) is 0 Å². The van der Waals surface area contributed by atoms with E-state index in [4.69, 9.17) is 10.5 Å². The van der Waals surface area contributed by atoms with E-state index in [1.165, 1.54) is 22.4 Å². The van der Waals surface area contributed by atoms with Gasteiger partial charge in [0, 0.05) is 40.9 Å². The minimum Gasteiger partial charge on any atom is -0.493 e. The molecule has 0 aliphatic carbocycles. The lowest BCUT2D eigenvalue weighted by Gasteiger charge is -2.21. The minimum absolute atomic E-state index is 0.794. The van der Waals surface area contributed by atoms with Crippen molar-refractivity contribution in [2.24, 2.45) is 0 Å². The summed E-state index contributed by atoms with van der Waals surface area (Å²) in [5, 5.41) is 0. The highest BCUT2D eigenvalue weighted by molar-refractivity contribution is 9.10. The van der Waals surface area contributed by atoms with Gasteiger partial charge >= 0.3 is 0 Å². The van der Waals surface area contributed by atoms with E-state index in [2.05, 4.69) is 45.1 Å². The molecule has 4 heteroatoms. The highest BCUT2D eigenvalue weighted by Crippen LogP contribution is 2.37. The van der Waals surface area contributed by atoms with Crippen LogP contribution in [-0.2, 0) is 19.4 Å². The van der Waals surface area contributed by atoms with Crippen LogP contribution in [0.1, 0.15) is 16.7 Å². The molecule has 0 radical (unpaired) electrons. The fourth-order valence-corrected chi connectivity index (χ4v) is 3.85. The van der Waals surface area contributed by atoms with E-state index in [0.717, 1.165) is 48.4 Å². The molecule has 2 heterocycles. The van der Waals surface area contributed by atoms with Gasteiger partial charge in [0.15, 0.2) is 0 Å². The number of anilines is 2. The first kappa shape index (κ1) is 13.0. The predicted octanol–water partition coefficient (Wildman–Crippen LogP) is 3.53. The number of halogens is 1. The molecule has 0 bridgehead atoms. The van der Waals surface area contributed by atoms with Gasteiger partial charge in [-0.3, -0.25) is 0 Å². The van der Waals surface area contributed by atoms with Crippen LogP contribution in [0.25, 0.3) is 0 Å². The van der Waals surface area contributed by atoms with Gasteiger partial charge in [-0.05, 0) is 41.8 Å². The third kappa shape index (κ3) is 2.27. The molecule has 2 aliphatic rings. The standard InChI is InChI=1S/C17H17BrN2O/c18-14-7-12-4-6-21-17(12)13(8-14)10-20-5-3-11-1-2-15(19)9-16(11)20/h1-2,7-9H,3-6,10,19H2. The number of nitrogens with zero attached hydrogens (tertiary/aromatic N) is 1. The van der Waals surface area contributed by atoms with Crippen molar-refractivity contribution in [2.75, 3.05) is 23.8 Å². The maximum atomic E-state index is 5.94. The first-order chi connectivity index (χ1) is 10.2. The number of fused-ring (bicyclic) bond motifs is 2. The number of benzene rings is 2. The highest BCUT2D eigenvalue weighted by atomic mass is 79.9. The zero-order valence-corrected chi connectivity index (χ0v) is 13.3. The fraction of sp³-hybridized carbons (Fsp3) is 0.294. The molecule has 2 aromatic rings. The Bertz CT molecular complexity index is 714. The molecule has 0 atom stereocenters. The summed E-state index contributed by atoms with van der Waals surface area (Å²) >= 11 is 3.61. The zero-order valence-electron chi connectivity index (χ0n) is 11.7. The smallest absolute Gasteiger partial charge is 0.127 e. The Kier molecular flexibility index (Phi) is 3.07. The number of nitrogen functional groups attached to an aromatic ring is 1. The van der Waals surface area contributed by atoms with Crippen LogP contribution in [0.3, 0.4) is 0 Å². The number of nitrogens with two attached hydrogens (primary N) is 1. The number of rotatable bonds is 2. The molecule has 4 rings (SSSR count). The van der Waals surface area contributed by atoms with Gasteiger partial charge in [0.2, 0.25) is 0 Å². The second kappa shape index (κ2) is 4.95. The minimum atomic E-state index is 0.794. The maximum absolute atomic E-state index is 5.94. The van der Waals surface area contributed by atoms with Crippen LogP contribution in [0.15, 0.2) is 34.8 Å². The Hall–Kier alpha value is -1.68. The summed E-state index contributed by atoms with van der Waals surface area (Å²) in [6, 6.07) is 10.6. The lowest BCUT2D eigenvalue weighted by molar-refractivity contribution is 0.353. The number of ether oxygens (including phenoxy) is 1. The molecule has 108 valence electrons. The number of hydrogen-bond acceptors (Lipinski definition) is 3. The molecular formula is C17H17BrN2O. The Morgan fingerprint density at radius 3 is 2.95 bits per heavy atom. The third-order valence-electron chi connectivity index (χ3n) is 4.29. The van der Waals surface area contributed by atoms with E-state index in [1.54, 1.807) is 0 Å². The quantitative estimate of drug-likeness (QED) is 0.847. The number of hydrogen-bond donors (Lipinski definition) is 1. The zero-order chi connectivity index (χ0) is 14.4. The molecule has 3 nitrogen and oxygen atoms in total. The first-order valence-electron chi connectivity index (χ1n) is 7.28. The summed E-state index contributed by atoms with van der Waals surface area (Å²) in [7, 11) is 0. The largest absolute Gasteiger partial charge is 0.493 e. The summed E-state index contributed by atoms with van der Waals surface area (Å²) in [5.74, 6) is 1.08. The van der Waals surface area contributed by atoms with E-state index < -0.39 is 0 Å². The second-order valence-corrected chi connectivity index (χ2v) is 6.63. The van der Waals surface area contributed by atoms with E-state index in [1.807, 2.05) is 6.07 Å². The van der Waals surface area contributed by atoms with Gasteiger partial charge in [-0.15, -0.1) is 0 Å². The first-order valence-corrected chi connectivity index (χ1v) is 8.07. The third-order valence-corrected chi connectivity index (χ3v) is 4.75. The SMILES string of the molecule is Nc1ccc2c(c1)N(Cc1cc(Br)cc3c1OCC3)CC2. The van der Waals surface area contributed by atoms with Crippen molar-refractivity contribution in [3.05, 3.63) is 51.5 Å². The van der Waals surface area contributed by atoms with Crippen LogP contribution in [0, 0.1) is 0 Å². The molecule has 2 aromatic carbocycles. The molecule has 21 heavy (non-hydrogen) atoms. The molecule has 0 saturated carbocycles. The molecule has 0 spiro atoms. The van der Waals surface area contributed by atoms with Gasteiger partial charge in [-0.25, -0.2) is 0 Å². The average molecular weight is 345 g/mol. The summed E-state index contributed by atoms with van der Waals surface area (Å²) in [5.41, 5.74) is 12.0. The van der Waals surface area contributed by atoms with Crippen LogP contribution in [0.2, 0.25) is 0 Å². The van der Waals surface area contributed by atoms with Crippen molar-refractivity contribution in [3.8, 4) is 5.75 Å². The van der Waals surface area contributed by atoms with Crippen LogP contribution in [0.5, 0.6) is 5.75 Å². The van der Waals surface area contributed by atoms with Gasteiger partial charge in [-0.1, -0.05) is 22.0 Å². The molecule has 0 saturated heterocycles. The molecule has 2 N–H and O–H groups in total. The van der Waals surface area contributed by atoms with E-state index >= 15 is 0 Å². The second-order valence-electron chi connectivity index (χ2n) is 5.71. The van der Waals surface area contributed by atoms with Crippen molar-refractivity contribution in [1.29, 1.82) is 0 Å². The van der Waals surface area contributed by atoms with Gasteiger partial charge in [0.1, 0.15) is 5.75 Å². The lowest BCUT2D eigenvalue weighted by atomic mass is 10.1. The molecule has 0 unspecified atom stereocenters. The van der Waals surface area contributed by atoms with Crippen LogP contribution < -0.4 is 15.4 Å². The van der Waals surface area contributed by atoms with E-state index in [9.17, 15) is 0 Å². The Balaban J connectivity index is 1.68. The summed E-state index contributed by atoms with van der Waals surface area (Å²) < 4.78 is 6.97. The van der Waals surface area contributed by atoms with Gasteiger partial charge in [0.25, 0.3) is 0 Å². The maximum Gasteiger partial charge on any atom is 0.127 e. The van der Waals surface area contributed by atoms with E-state index in [-0.39, 0.29) is 0 Å². The van der Waals surface area contributed by atoms with Crippen molar-refractivity contribution >= 4 is 27.3 Å². The summed E-state index contributed by atoms with van der Waals surface area (Å²) in [4.78, 5) is 2.40. The normalized spacial score (nSPS) is 15.8. The Labute approximate surface area is 132 Å². The molecule has 0 amide bonds. The molecule has 0 aromatic heterocycles. The highest BCUT2D eigenvalue weighted by Gasteiger charge is 2.23. The van der Waals surface area contributed by atoms with Crippen molar-refractivity contribution in [2.45, 2.75) is 19.4 Å². The monoisotopic (exact) mass is 344 g/mol.